The van der Waals surface area contributed by atoms with E-state index in [1.807, 2.05) is 91.0 Å². The number of methoxy groups -OCH3 is 1. The zero-order valence-electron chi connectivity index (χ0n) is 20.0. The highest BCUT2D eigenvalue weighted by Gasteiger charge is 2.22. The minimum atomic E-state index is -0.684. The number of para-hydroxylation sites is 2. The van der Waals surface area contributed by atoms with Crippen molar-refractivity contribution in [3.05, 3.63) is 126 Å². The van der Waals surface area contributed by atoms with Gasteiger partial charge >= 0.3 is 5.97 Å². The van der Waals surface area contributed by atoms with E-state index in [9.17, 15) is 9.59 Å². The molecule has 0 aliphatic heterocycles. The van der Waals surface area contributed by atoms with Gasteiger partial charge in [0.05, 0.1) is 12.7 Å². The lowest BCUT2D eigenvalue weighted by Crippen LogP contribution is -2.33. The summed E-state index contributed by atoms with van der Waals surface area (Å²) < 4.78 is 10.9. The number of hydrogen-bond acceptors (Lipinski definition) is 5. The molecule has 6 nitrogen and oxygen atoms in total. The number of carbonyl (C=O) groups is 2. The molecule has 0 fully saturated rings. The van der Waals surface area contributed by atoms with Crippen LogP contribution in [0.1, 0.15) is 21.5 Å². The molecule has 1 amide bonds. The summed E-state index contributed by atoms with van der Waals surface area (Å²) in [6, 6.07) is 33.2. The minimum absolute atomic E-state index is 0.271. The van der Waals surface area contributed by atoms with Gasteiger partial charge in [0.15, 0.2) is 0 Å². The quantitative estimate of drug-likeness (QED) is 0.284. The average Bonchev–Trinajstić information content (AvgIpc) is 2.93. The van der Waals surface area contributed by atoms with E-state index < -0.39 is 12.0 Å². The van der Waals surface area contributed by atoms with Crippen molar-refractivity contribution in [3.8, 4) is 5.75 Å². The van der Waals surface area contributed by atoms with Gasteiger partial charge in [-0.2, -0.15) is 0 Å². The molecule has 4 aromatic carbocycles. The van der Waals surface area contributed by atoms with Gasteiger partial charge in [0.2, 0.25) is 0 Å². The summed E-state index contributed by atoms with van der Waals surface area (Å²) in [5.41, 5.74) is 3.68. The van der Waals surface area contributed by atoms with Crippen LogP contribution in [0.15, 0.2) is 109 Å². The number of hydrogen-bond donors (Lipinski definition) is 2. The average molecular weight is 481 g/mol. The Balaban J connectivity index is 1.44. The van der Waals surface area contributed by atoms with Crippen LogP contribution in [0.4, 0.5) is 11.4 Å². The topological polar surface area (TPSA) is 76.7 Å². The van der Waals surface area contributed by atoms with Crippen molar-refractivity contribution in [3.63, 3.8) is 0 Å². The van der Waals surface area contributed by atoms with Crippen molar-refractivity contribution in [2.45, 2.75) is 19.1 Å². The van der Waals surface area contributed by atoms with Gasteiger partial charge in [-0.1, -0.05) is 72.8 Å². The maximum Gasteiger partial charge on any atom is 0.328 e. The van der Waals surface area contributed by atoms with E-state index in [2.05, 4.69) is 10.6 Å². The summed E-state index contributed by atoms with van der Waals surface area (Å²) in [6.45, 7) is 0.481. The summed E-state index contributed by atoms with van der Waals surface area (Å²) in [5, 5.41) is 6.09. The van der Waals surface area contributed by atoms with Crippen molar-refractivity contribution in [2.24, 2.45) is 0 Å². The lowest BCUT2D eigenvalue weighted by Gasteiger charge is -2.20. The Bertz CT molecular complexity index is 1280. The van der Waals surface area contributed by atoms with Crippen LogP contribution in [-0.4, -0.2) is 25.0 Å². The number of amides is 1. The minimum Gasteiger partial charge on any atom is -0.489 e. The molecule has 1 unspecified atom stereocenters. The van der Waals surface area contributed by atoms with Crippen LogP contribution in [0.25, 0.3) is 0 Å². The highest BCUT2D eigenvalue weighted by atomic mass is 16.5. The van der Waals surface area contributed by atoms with Crippen LogP contribution >= 0.6 is 0 Å². The first kappa shape index (κ1) is 24.5. The second-order valence-electron chi connectivity index (χ2n) is 8.21. The first-order chi connectivity index (χ1) is 17.6. The zero-order chi connectivity index (χ0) is 25.2. The van der Waals surface area contributed by atoms with Gasteiger partial charge < -0.3 is 20.1 Å². The smallest absolute Gasteiger partial charge is 0.328 e. The van der Waals surface area contributed by atoms with Gasteiger partial charge in [0, 0.05) is 17.8 Å². The molecule has 0 aliphatic carbocycles. The Hall–Kier alpha value is -4.58. The summed E-state index contributed by atoms with van der Waals surface area (Å²) >= 11 is 0. The zero-order valence-corrected chi connectivity index (χ0v) is 20.0. The Labute approximate surface area is 210 Å². The predicted molar refractivity (Wildman–Crippen MR) is 141 cm³/mol. The highest BCUT2D eigenvalue weighted by Crippen LogP contribution is 2.21. The van der Waals surface area contributed by atoms with Gasteiger partial charge in [-0.3, -0.25) is 4.79 Å². The van der Waals surface area contributed by atoms with Crippen LogP contribution in [0, 0.1) is 0 Å². The molecule has 0 saturated carbocycles. The van der Waals surface area contributed by atoms with Gasteiger partial charge in [-0.15, -0.1) is 0 Å². The third-order valence-electron chi connectivity index (χ3n) is 5.63. The first-order valence-electron chi connectivity index (χ1n) is 11.7. The summed E-state index contributed by atoms with van der Waals surface area (Å²) in [5.74, 6) is 0.0543. The maximum atomic E-state index is 12.9. The van der Waals surface area contributed by atoms with Crippen molar-refractivity contribution in [1.29, 1.82) is 0 Å². The molecule has 0 bridgehead atoms. The molecule has 0 aromatic heterocycles. The molecule has 182 valence electrons. The number of ether oxygens (including phenoxy) is 2. The molecule has 0 radical (unpaired) electrons. The maximum absolute atomic E-state index is 12.9. The van der Waals surface area contributed by atoms with E-state index in [0.717, 1.165) is 16.9 Å². The Morgan fingerprint density at radius 3 is 2.08 bits per heavy atom. The second kappa shape index (κ2) is 12.2. The lowest BCUT2D eigenvalue weighted by atomic mass is 10.0. The molecule has 2 N–H and O–H groups in total. The Morgan fingerprint density at radius 1 is 0.750 bits per heavy atom. The van der Waals surface area contributed by atoms with Crippen LogP contribution < -0.4 is 15.4 Å². The molecule has 0 spiro atoms. The molecule has 4 rings (SSSR count). The number of anilines is 2. The van der Waals surface area contributed by atoms with E-state index in [4.69, 9.17) is 9.47 Å². The Morgan fingerprint density at radius 2 is 1.39 bits per heavy atom. The van der Waals surface area contributed by atoms with Crippen LogP contribution in [-0.2, 0) is 22.6 Å². The molecule has 0 aliphatic rings. The van der Waals surface area contributed by atoms with Gasteiger partial charge in [0.25, 0.3) is 5.91 Å². The van der Waals surface area contributed by atoms with Gasteiger partial charge in [-0.05, 0) is 47.5 Å². The van der Waals surface area contributed by atoms with E-state index in [0.29, 0.717) is 30.0 Å². The number of carbonyl (C=O) groups excluding carboxylic acids is 2. The van der Waals surface area contributed by atoms with Crippen molar-refractivity contribution < 1.29 is 19.1 Å². The van der Waals surface area contributed by atoms with Crippen molar-refractivity contribution >= 4 is 23.3 Å². The summed E-state index contributed by atoms with van der Waals surface area (Å²) in [4.78, 5) is 25.5. The molecule has 6 heteroatoms. The fraction of sp³-hybridized carbons (Fsp3) is 0.133. The van der Waals surface area contributed by atoms with Gasteiger partial charge in [-0.25, -0.2) is 4.79 Å². The van der Waals surface area contributed by atoms with Crippen molar-refractivity contribution in [2.75, 3.05) is 17.7 Å². The summed E-state index contributed by atoms with van der Waals surface area (Å²) in [6.07, 6.45) is 0.375. The molecule has 0 saturated heterocycles. The number of benzene rings is 4. The van der Waals surface area contributed by atoms with Crippen molar-refractivity contribution in [1.82, 2.24) is 0 Å². The number of rotatable bonds is 10. The van der Waals surface area contributed by atoms with E-state index in [1.54, 1.807) is 18.2 Å². The normalized spacial score (nSPS) is 11.2. The fourth-order valence-corrected chi connectivity index (χ4v) is 3.75. The molecule has 0 heterocycles. The van der Waals surface area contributed by atoms with E-state index >= 15 is 0 Å². The second-order valence-corrected chi connectivity index (χ2v) is 8.21. The van der Waals surface area contributed by atoms with Crippen LogP contribution in [0.2, 0.25) is 0 Å². The molecular weight excluding hydrogens is 452 g/mol. The third-order valence-corrected chi connectivity index (χ3v) is 5.63. The monoisotopic (exact) mass is 480 g/mol. The lowest BCUT2D eigenvalue weighted by molar-refractivity contribution is -0.141. The van der Waals surface area contributed by atoms with Crippen LogP contribution in [0.3, 0.4) is 0 Å². The fourth-order valence-electron chi connectivity index (χ4n) is 3.75. The third kappa shape index (κ3) is 6.73. The first-order valence-corrected chi connectivity index (χ1v) is 11.7. The molecule has 1 atom stereocenters. The number of esters is 1. The molecule has 36 heavy (non-hydrogen) atoms. The standard InChI is InChI=1S/C30H28N2O4/c1-35-30(34)28(20-22-16-18-25(19-17-22)36-21-23-10-4-2-5-11-23)32-27-15-9-8-14-26(27)29(33)31-24-12-6-3-7-13-24/h2-19,28,32H,20-21H2,1H3,(H,31,33). The van der Waals surface area contributed by atoms with Crippen LogP contribution in [0.5, 0.6) is 5.75 Å². The number of nitrogens with one attached hydrogen (secondary N) is 2. The van der Waals surface area contributed by atoms with Gasteiger partial charge in [0.1, 0.15) is 18.4 Å². The molecular formula is C30H28N2O4. The van der Waals surface area contributed by atoms with E-state index in [-0.39, 0.29) is 5.91 Å². The summed E-state index contributed by atoms with van der Waals surface area (Å²) in [7, 11) is 1.35. The molecule has 4 aromatic rings. The Kier molecular flexibility index (Phi) is 8.33. The largest absolute Gasteiger partial charge is 0.489 e. The van der Waals surface area contributed by atoms with E-state index in [1.165, 1.54) is 7.11 Å². The SMILES string of the molecule is COC(=O)C(Cc1ccc(OCc2ccccc2)cc1)Nc1ccccc1C(=O)Nc1ccccc1. The highest BCUT2D eigenvalue weighted by molar-refractivity contribution is 6.08. The predicted octanol–water partition coefficient (Wildman–Crippen LogP) is 5.71.